The van der Waals surface area contributed by atoms with Gasteiger partial charge in [-0.1, -0.05) is 44.2 Å². The number of rotatable bonds is 5. The minimum atomic E-state index is -0.967. The molecule has 1 amide bonds. The summed E-state index contributed by atoms with van der Waals surface area (Å²) >= 11 is 1.47. The Morgan fingerprint density at radius 3 is 2.46 bits per heavy atom. The fourth-order valence-corrected chi connectivity index (χ4v) is 4.30. The molecule has 0 saturated carbocycles. The maximum Gasteiger partial charge on any atom is 0.327 e. The van der Waals surface area contributed by atoms with Gasteiger partial charge in [-0.05, 0) is 29.8 Å². The Morgan fingerprint density at radius 2 is 1.81 bits per heavy atom. The lowest BCUT2D eigenvalue weighted by molar-refractivity contribution is -0.150. The van der Waals surface area contributed by atoms with Gasteiger partial charge < -0.3 is 14.7 Å². The van der Waals surface area contributed by atoms with Gasteiger partial charge in [0.1, 0.15) is 22.9 Å². The number of benzene rings is 2. The molecule has 26 heavy (non-hydrogen) atoms. The van der Waals surface area contributed by atoms with Crippen LogP contribution in [0.25, 0.3) is 0 Å². The van der Waals surface area contributed by atoms with E-state index in [0.29, 0.717) is 11.5 Å². The van der Waals surface area contributed by atoms with Crippen LogP contribution in [0.4, 0.5) is 0 Å². The van der Waals surface area contributed by atoms with Crippen molar-refractivity contribution in [3.63, 3.8) is 0 Å². The monoisotopic (exact) mass is 371 g/mol. The van der Waals surface area contributed by atoms with Crippen LogP contribution in [-0.4, -0.2) is 33.7 Å². The Kier molecular flexibility index (Phi) is 5.52. The number of aliphatic carboxylic acids is 1. The molecule has 6 heteroatoms. The van der Waals surface area contributed by atoms with Gasteiger partial charge in [0.15, 0.2) is 0 Å². The Balaban J connectivity index is 1.88. The van der Waals surface area contributed by atoms with Gasteiger partial charge in [0.05, 0.1) is 0 Å². The number of ether oxygens (including phenoxy) is 1. The Morgan fingerprint density at radius 1 is 1.12 bits per heavy atom. The number of carboxylic acids is 1. The number of thioether (sulfide) groups is 1. The van der Waals surface area contributed by atoms with E-state index in [4.69, 9.17) is 4.74 Å². The lowest BCUT2D eigenvalue weighted by Crippen LogP contribution is -2.44. The van der Waals surface area contributed by atoms with Gasteiger partial charge in [-0.3, -0.25) is 4.79 Å². The molecule has 1 aliphatic heterocycles. The molecule has 1 heterocycles. The highest BCUT2D eigenvalue weighted by Gasteiger charge is 2.42. The fourth-order valence-electron chi connectivity index (χ4n) is 2.88. The molecule has 1 saturated heterocycles. The van der Waals surface area contributed by atoms with Gasteiger partial charge in [0, 0.05) is 11.7 Å². The summed E-state index contributed by atoms with van der Waals surface area (Å²) in [4.78, 5) is 25.7. The number of amides is 1. The van der Waals surface area contributed by atoms with Crippen LogP contribution in [0.2, 0.25) is 0 Å². The predicted octanol–water partition coefficient (Wildman–Crippen LogP) is 4.16. The van der Waals surface area contributed by atoms with Gasteiger partial charge in [0.2, 0.25) is 5.91 Å². The quantitative estimate of drug-likeness (QED) is 0.855. The Labute approximate surface area is 157 Å². The first-order chi connectivity index (χ1) is 12.5. The highest BCUT2D eigenvalue weighted by Crippen LogP contribution is 2.43. The molecule has 2 unspecified atom stereocenters. The molecule has 5 nitrogen and oxygen atoms in total. The Hall–Kier alpha value is -2.47. The summed E-state index contributed by atoms with van der Waals surface area (Å²) in [6.45, 7) is 3.58. The molecular weight excluding hydrogens is 350 g/mol. The van der Waals surface area contributed by atoms with Crippen molar-refractivity contribution in [3.05, 3.63) is 60.2 Å². The van der Waals surface area contributed by atoms with E-state index < -0.39 is 12.0 Å². The normalized spacial score (nSPS) is 19.6. The molecular formula is C20H21NO4S. The lowest BCUT2D eigenvalue weighted by atomic mass is 10.1. The SMILES string of the molecule is CC(C)C(=O)N1C(C(=O)O)CSC1c1cccc(Oc2ccccc2)c1. The second-order valence-electron chi connectivity index (χ2n) is 6.43. The molecule has 1 aliphatic rings. The number of hydrogen-bond acceptors (Lipinski definition) is 4. The van der Waals surface area contributed by atoms with E-state index in [1.807, 2.05) is 54.6 Å². The zero-order chi connectivity index (χ0) is 18.7. The first kappa shape index (κ1) is 18.3. The van der Waals surface area contributed by atoms with Crippen LogP contribution in [0.5, 0.6) is 11.5 Å². The first-order valence-electron chi connectivity index (χ1n) is 8.47. The van der Waals surface area contributed by atoms with Crippen molar-refractivity contribution in [1.29, 1.82) is 0 Å². The molecule has 1 N–H and O–H groups in total. The van der Waals surface area contributed by atoms with Gasteiger partial charge >= 0.3 is 5.97 Å². The molecule has 2 aromatic carbocycles. The van der Waals surface area contributed by atoms with E-state index in [0.717, 1.165) is 11.3 Å². The number of carbonyl (C=O) groups is 2. The van der Waals surface area contributed by atoms with Crippen molar-refractivity contribution in [3.8, 4) is 11.5 Å². The van der Waals surface area contributed by atoms with Crippen molar-refractivity contribution < 1.29 is 19.4 Å². The van der Waals surface area contributed by atoms with Crippen LogP contribution in [0.1, 0.15) is 24.8 Å². The number of carboxylic acid groups (broad SMARTS) is 1. The summed E-state index contributed by atoms with van der Waals surface area (Å²) < 4.78 is 5.87. The van der Waals surface area contributed by atoms with E-state index in [2.05, 4.69) is 0 Å². The van der Waals surface area contributed by atoms with E-state index >= 15 is 0 Å². The third-order valence-corrected chi connectivity index (χ3v) is 5.48. The predicted molar refractivity (Wildman–Crippen MR) is 101 cm³/mol. The van der Waals surface area contributed by atoms with Crippen molar-refractivity contribution in [2.75, 3.05) is 5.75 Å². The second-order valence-corrected chi connectivity index (χ2v) is 7.54. The summed E-state index contributed by atoms with van der Waals surface area (Å²) in [6.07, 6.45) is 0. The van der Waals surface area contributed by atoms with Crippen LogP contribution in [0.15, 0.2) is 54.6 Å². The van der Waals surface area contributed by atoms with Gasteiger partial charge in [0.25, 0.3) is 0 Å². The smallest absolute Gasteiger partial charge is 0.327 e. The van der Waals surface area contributed by atoms with Crippen LogP contribution >= 0.6 is 11.8 Å². The molecule has 1 fully saturated rings. The molecule has 0 bridgehead atoms. The minimum Gasteiger partial charge on any atom is -0.480 e. The molecule has 2 atom stereocenters. The standard InChI is InChI=1S/C20H21NO4S/c1-13(2)18(22)21-17(20(23)24)12-26-19(21)14-7-6-10-16(11-14)25-15-8-4-3-5-9-15/h3-11,13,17,19H,12H2,1-2H3,(H,23,24). The molecule has 0 radical (unpaired) electrons. The first-order valence-corrected chi connectivity index (χ1v) is 9.51. The summed E-state index contributed by atoms with van der Waals surface area (Å²) in [5.41, 5.74) is 0.862. The molecule has 3 rings (SSSR count). The maximum absolute atomic E-state index is 12.6. The summed E-state index contributed by atoms with van der Waals surface area (Å²) in [5, 5.41) is 9.17. The number of para-hydroxylation sites is 1. The fraction of sp³-hybridized carbons (Fsp3) is 0.300. The van der Waals surface area contributed by atoms with E-state index in [1.165, 1.54) is 16.7 Å². The van der Waals surface area contributed by atoms with Gasteiger partial charge in [-0.25, -0.2) is 4.79 Å². The average Bonchev–Trinajstić information content (AvgIpc) is 3.07. The minimum absolute atomic E-state index is 0.151. The lowest BCUT2D eigenvalue weighted by Gasteiger charge is -2.29. The number of carbonyl (C=O) groups excluding carboxylic acids is 1. The average molecular weight is 371 g/mol. The second kappa shape index (κ2) is 7.83. The van der Waals surface area contributed by atoms with E-state index in [1.54, 1.807) is 13.8 Å². The van der Waals surface area contributed by atoms with E-state index in [9.17, 15) is 14.7 Å². The molecule has 0 aliphatic carbocycles. The van der Waals surface area contributed by atoms with Crippen LogP contribution < -0.4 is 4.74 Å². The summed E-state index contributed by atoms with van der Waals surface area (Å²) in [7, 11) is 0. The van der Waals surface area contributed by atoms with Gasteiger partial charge in [-0.2, -0.15) is 0 Å². The highest BCUT2D eigenvalue weighted by molar-refractivity contribution is 7.99. The summed E-state index contributed by atoms with van der Waals surface area (Å²) in [6, 6.07) is 16.1. The topological polar surface area (TPSA) is 66.8 Å². The van der Waals surface area contributed by atoms with Gasteiger partial charge in [-0.15, -0.1) is 11.8 Å². The third-order valence-electron chi connectivity index (χ3n) is 4.16. The van der Waals surface area contributed by atoms with Crippen molar-refractivity contribution >= 4 is 23.6 Å². The Bertz CT molecular complexity index is 793. The molecule has 0 spiro atoms. The number of nitrogens with zero attached hydrogens (tertiary/aromatic N) is 1. The molecule has 136 valence electrons. The van der Waals surface area contributed by atoms with Crippen LogP contribution in [0.3, 0.4) is 0 Å². The largest absolute Gasteiger partial charge is 0.480 e. The van der Waals surface area contributed by atoms with Crippen molar-refractivity contribution in [2.24, 2.45) is 5.92 Å². The van der Waals surface area contributed by atoms with Crippen LogP contribution in [0, 0.1) is 5.92 Å². The number of hydrogen-bond donors (Lipinski definition) is 1. The van der Waals surface area contributed by atoms with E-state index in [-0.39, 0.29) is 17.2 Å². The van der Waals surface area contributed by atoms with Crippen LogP contribution in [-0.2, 0) is 9.59 Å². The zero-order valence-corrected chi connectivity index (χ0v) is 15.5. The van der Waals surface area contributed by atoms with Crippen molar-refractivity contribution in [1.82, 2.24) is 4.90 Å². The molecule has 0 aromatic heterocycles. The maximum atomic E-state index is 12.6. The third kappa shape index (κ3) is 3.85. The highest BCUT2D eigenvalue weighted by atomic mass is 32.2. The summed E-state index contributed by atoms with van der Waals surface area (Å²) in [5.74, 6) is 0.379. The zero-order valence-electron chi connectivity index (χ0n) is 14.7. The molecule has 2 aromatic rings. The van der Waals surface area contributed by atoms with Crippen molar-refractivity contribution in [2.45, 2.75) is 25.3 Å².